The van der Waals surface area contributed by atoms with Crippen molar-refractivity contribution in [1.82, 2.24) is 4.98 Å². The number of rotatable bonds is 1. The molecule has 1 aliphatic carbocycles. The van der Waals surface area contributed by atoms with Gasteiger partial charge in [-0.25, -0.2) is 4.79 Å². The molecule has 2 aromatic carbocycles. The van der Waals surface area contributed by atoms with E-state index in [9.17, 15) is 9.59 Å². The van der Waals surface area contributed by atoms with Gasteiger partial charge in [0.05, 0.1) is 10.3 Å². The van der Waals surface area contributed by atoms with Crippen LogP contribution in [0.2, 0.25) is 5.02 Å². The number of halogens is 2. The summed E-state index contributed by atoms with van der Waals surface area (Å²) >= 11 is 9.43. The van der Waals surface area contributed by atoms with Crippen molar-refractivity contribution < 1.29 is 9.21 Å². The van der Waals surface area contributed by atoms with E-state index in [4.69, 9.17) is 16.0 Å². The van der Waals surface area contributed by atoms with Crippen molar-refractivity contribution in [2.24, 2.45) is 0 Å². The van der Waals surface area contributed by atoms with Crippen LogP contribution in [0.1, 0.15) is 27.4 Å². The zero-order valence-electron chi connectivity index (χ0n) is 11.1. The van der Waals surface area contributed by atoms with Gasteiger partial charge in [0.2, 0.25) is 0 Å². The maximum atomic E-state index is 12.5. The number of alkyl halides is 1. The Morgan fingerprint density at radius 3 is 2.59 bits per heavy atom. The number of fused-ring (bicyclic) bond motifs is 2. The lowest BCUT2D eigenvalue weighted by atomic mass is 9.93. The molecule has 0 saturated carbocycles. The first-order valence-electron chi connectivity index (χ1n) is 6.65. The fourth-order valence-corrected chi connectivity index (χ4v) is 3.92. The molecule has 2 unspecified atom stereocenters. The smallest absolute Gasteiger partial charge is 0.408 e. The number of benzene rings is 2. The minimum Gasteiger partial charge on any atom is -0.408 e. The van der Waals surface area contributed by atoms with E-state index in [0.717, 1.165) is 11.1 Å². The standard InChI is InChI=1S/C16H9BrClNO3/c17-14-13(7-1-3-8(18)4-2-7)9-5-11-12(22-16(21)19-11)6-10(9)15(14)20/h1-6,13-14H,(H,19,21). The van der Waals surface area contributed by atoms with E-state index < -0.39 is 5.76 Å². The number of H-pyrrole nitrogens is 1. The van der Waals surface area contributed by atoms with Crippen LogP contribution in [-0.4, -0.2) is 15.6 Å². The number of oxazole rings is 1. The number of nitrogens with one attached hydrogen (secondary N) is 1. The number of aromatic nitrogens is 1. The highest BCUT2D eigenvalue weighted by atomic mass is 79.9. The van der Waals surface area contributed by atoms with Crippen molar-refractivity contribution in [3.05, 3.63) is 68.7 Å². The van der Waals surface area contributed by atoms with Crippen molar-refractivity contribution in [2.45, 2.75) is 10.7 Å². The Kier molecular flexibility index (Phi) is 3.03. The highest BCUT2D eigenvalue weighted by Gasteiger charge is 2.39. The topological polar surface area (TPSA) is 63.1 Å². The first-order valence-corrected chi connectivity index (χ1v) is 7.94. The molecule has 110 valence electrons. The highest BCUT2D eigenvalue weighted by Crippen LogP contribution is 2.43. The molecule has 2 atom stereocenters. The Bertz CT molecular complexity index is 958. The fraction of sp³-hybridized carbons (Fsp3) is 0.125. The molecule has 4 rings (SSSR count). The summed E-state index contributed by atoms with van der Waals surface area (Å²) in [4.78, 5) is 26.1. The molecule has 22 heavy (non-hydrogen) atoms. The molecule has 0 amide bonds. The Hall–Kier alpha value is -1.85. The van der Waals surface area contributed by atoms with Gasteiger partial charge >= 0.3 is 5.76 Å². The van der Waals surface area contributed by atoms with E-state index in [1.54, 1.807) is 18.2 Å². The Morgan fingerprint density at radius 1 is 1.14 bits per heavy atom. The third kappa shape index (κ3) is 1.96. The fourth-order valence-electron chi connectivity index (χ4n) is 2.96. The predicted octanol–water partition coefficient (Wildman–Crippen LogP) is 3.87. The summed E-state index contributed by atoms with van der Waals surface area (Å²) < 4.78 is 5.04. The van der Waals surface area contributed by atoms with E-state index in [-0.39, 0.29) is 16.5 Å². The Balaban J connectivity index is 1.95. The van der Waals surface area contributed by atoms with Crippen LogP contribution in [-0.2, 0) is 0 Å². The van der Waals surface area contributed by atoms with Gasteiger partial charge in [0.25, 0.3) is 0 Å². The van der Waals surface area contributed by atoms with Gasteiger partial charge in [0.15, 0.2) is 11.4 Å². The second-order valence-electron chi connectivity index (χ2n) is 5.25. The van der Waals surface area contributed by atoms with Crippen LogP contribution in [0, 0.1) is 0 Å². The quantitative estimate of drug-likeness (QED) is 0.654. The number of aromatic amines is 1. The summed E-state index contributed by atoms with van der Waals surface area (Å²) in [5.74, 6) is -0.659. The highest BCUT2D eigenvalue weighted by molar-refractivity contribution is 9.10. The molecule has 0 spiro atoms. The predicted molar refractivity (Wildman–Crippen MR) is 87.2 cm³/mol. The number of hydrogen-bond acceptors (Lipinski definition) is 3. The van der Waals surface area contributed by atoms with Crippen LogP contribution in [0.3, 0.4) is 0 Å². The molecular weight excluding hydrogens is 370 g/mol. The number of carbonyl (C=O) groups excluding carboxylic acids is 1. The summed E-state index contributed by atoms with van der Waals surface area (Å²) in [5.41, 5.74) is 3.44. The van der Waals surface area contributed by atoms with Gasteiger partial charge in [-0.1, -0.05) is 39.7 Å². The number of ketones is 1. The van der Waals surface area contributed by atoms with Gasteiger partial charge in [0.1, 0.15) is 0 Å². The Labute approximate surface area is 138 Å². The minimum absolute atomic E-state index is 0.0132. The average molecular weight is 379 g/mol. The SMILES string of the molecule is O=C1c2cc3oc(=O)[nH]c3cc2C(c2ccc(Cl)cc2)C1Br. The minimum atomic E-state index is -0.524. The summed E-state index contributed by atoms with van der Waals surface area (Å²) in [6, 6.07) is 10.9. The molecule has 4 nitrogen and oxygen atoms in total. The van der Waals surface area contributed by atoms with Gasteiger partial charge in [0, 0.05) is 16.5 Å². The number of carbonyl (C=O) groups is 1. The maximum absolute atomic E-state index is 12.5. The molecule has 0 saturated heterocycles. The molecule has 0 radical (unpaired) electrons. The molecule has 6 heteroatoms. The zero-order valence-corrected chi connectivity index (χ0v) is 13.4. The molecule has 1 aliphatic rings. The lowest BCUT2D eigenvalue weighted by molar-refractivity contribution is 0.0999. The molecule has 1 aromatic heterocycles. The van der Waals surface area contributed by atoms with Crippen LogP contribution >= 0.6 is 27.5 Å². The maximum Gasteiger partial charge on any atom is 0.417 e. The van der Waals surface area contributed by atoms with Crippen LogP contribution in [0.15, 0.2) is 45.6 Å². The van der Waals surface area contributed by atoms with Crippen LogP contribution in [0.5, 0.6) is 0 Å². The molecule has 1 N–H and O–H groups in total. The van der Waals surface area contributed by atoms with E-state index in [1.807, 2.05) is 18.2 Å². The van der Waals surface area contributed by atoms with Crippen molar-refractivity contribution in [3.63, 3.8) is 0 Å². The number of hydrogen-bond donors (Lipinski definition) is 1. The summed E-state index contributed by atoms with van der Waals surface area (Å²) in [5, 5.41) is 0.647. The first kappa shape index (κ1) is 13.8. The molecular formula is C16H9BrClNO3. The third-order valence-electron chi connectivity index (χ3n) is 3.96. The number of Topliss-reactive ketones (excluding diaryl/α,β-unsaturated/α-hetero) is 1. The van der Waals surface area contributed by atoms with E-state index in [1.165, 1.54) is 0 Å². The third-order valence-corrected chi connectivity index (χ3v) is 5.16. The van der Waals surface area contributed by atoms with Gasteiger partial charge in [-0.2, -0.15) is 0 Å². The molecule has 0 aliphatic heterocycles. The Morgan fingerprint density at radius 2 is 1.86 bits per heavy atom. The molecule has 3 aromatic rings. The van der Waals surface area contributed by atoms with Crippen LogP contribution in [0.4, 0.5) is 0 Å². The molecule has 0 fully saturated rings. The zero-order chi connectivity index (χ0) is 15.4. The largest absolute Gasteiger partial charge is 0.417 e. The second kappa shape index (κ2) is 4.83. The van der Waals surface area contributed by atoms with Crippen molar-refractivity contribution in [1.29, 1.82) is 0 Å². The van der Waals surface area contributed by atoms with Crippen LogP contribution < -0.4 is 5.76 Å². The van der Waals surface area contributed by atoms with Gasteiger partial charge in [-0.15, -0.1) is 0 Å². The van der Waals surface area contributed by atoms with Gasteiger partial charge < -0.3 is 4.42 Å². The van der Waals surface area contributed by atoms with Crippen molar-refractivity contribution in [3.8, 4) is 0 Å². The van der Waals surface area contributed by atoms with E-state index in [2.05, 4.69) is 20.9 Å². The van der Waals surface area contributed by atoms with Crippen molar-refractivity contribution >= 4 is 44.4 Å². The molecule has 0 bridgehead atoms. The van der Waals surface area contributed by atoms with Gasteiger partial charge in [-0.05, 0) is 35.4 Å². The summed E-state index contributed by atoms with van der Waals surface area (Å²) in [6.45, 7) is 0. The normalized spacial score (nSPS) is 20.5. The average Bonchev–Trinajstić information content (AvgIpc) is 2.96. The first-order chi connectivity index (χ1) is 10.5. The lowest BCUT2D eigenvalue weighted by Gasteiger charge is -2.15. The second-order valence-corrected chi connectivity index (χ2v) is 6.67. The monoisotopic (exact) mass is 377 g/mol. The molecule has 1 heterocycles. The van der Waals surface area contributed by atoms with Gasteiger partial charge in [-0.3, -0.25) is 9.78 Å². The van der Waals surface area contributed by atoms with E-state index >= 15 is 0 Å². The summed E-state index contributed by atoms with van der Waals surface area (Å²) in [6.07, 6.45) is 0. The summed E-state index contributed by atoms with van der Waals surface area (Å²) in [7, 11) is 0. The lowest BCUT2D eigenvalue weighted by Crippen LogP contribution is -2.13. The van der Waals surface area contributed by atoms with Crippen molar-refractivity contribution in [2.75, 3.05) is 0 Å². The van der Waals surface area contributed by atoms with E-state index in [0.29, 0.717) is 21.7 Å². The van der Waals surface area contributed by atoms with Crippen LogP contribution in [0.25, 0.3) is 11.1 Å².